The van der Waals surface area contributed by atoms with Crippen LogP contribution in [0.4, 0.5) is 4.79 Å². The summed E-state index contributed by atoms with van der Waals surface area (Å²) >= 11 is 0. The second-order valence-corrected chi connectivity index (χ2v) is 4.18. The Hall–Kier alpha value is -1.10. The Balaban J connectivity index is 2.02. The van der Waals surface area contributed by atoms with Crippen LogP contribution in [0.5, 0.6) is 0 Å². The molecule has 2 aliphatic rings. The van der Waals surface area contributed by atoms with Gasteiger partial charge in [-0.2, -0.15) is 0 Å². The molecule has 1 N–H and O–H groups in total. The van der Waals surface area contributed by atoms with Crippen LogP contribution in [0.1, 0.15) is 19.3 Å². The van der Waals surface area contributed by atoms with E-state index in [2.05, 4.69) is 5.32 Å². The molecule has 0 aliphatic carbocycles. The van der Waals surface area contributed by atoms with Crippen molar-refractivity contribution < 1.29 is 9.59 Å². The van der Waals surface area contributed by atoms with Gasteiger partial charge in [0.15, 0.2) is 0 Å². The van der Waals surface area contributed by atoms with Gasteiger partial charge in [-0.05, 0) is 19.4 Å². The number of carbonyl (C=O) groups is 2. The van der Waals surface area contributed by atoms with Crippen LogP contribution in [0.15, 0.2) is 0 Å². The molecular formula is C10H17N3O2. The third kappa shape index (κ3) is 1.97. The lowest BCUT2D eigenvalue weighted by atomic mass is 10.1. The van der Waals surface area contributed by atoms with E-state index in [4.69, 9.17) is 0 Å². The number of hydrogen-bond acceptors (Lipinski definition) is 3. The Labute approximate surface area is 89.4 Å². The lowest BCUT2D eigenvalue weighted by molar-refractivity contribution is -0.130. The molecule has 15 heavy (non-hydrogen) atoms. The highest BCUT2D eigenvalue weighted by molar-refractivity contribution is 5.96. The molecule has 0 spiro atoms. The average Bonchev–Trinajstić information content (AvgIpc) is 2.27. The Bertz CT molecular complexity index is 274. The number of piperidine rings is 1. The van der Waals surface area contributed by atoms with Gasteiger partial charge >= 0.3 is 6.03 Å². The van der Waals surface area contributed by atoms with Crippen LogP contribution >= 0.6 is 0 Å². The molecule has 84 valence electrons. The molecule has 5 heteroatoms. The summed E-state index contributed by atoms with van der Waals surface area (Å²) in [6.45, 7) is 2.47. The zero-order valence-electron chi connectivity index (χ0n) is 9.03. The van der Waals surface area contributed by atoms with Gasteiger partial charge < -0.3 is 10.2 Å². The number of rotatable bonds is 1. The number of imide groups is 1. The summed E-state index contributed by atoms with van der Waals surface area (Å²) in [4.78, 5) is 26.2. The summed E-state index contributed by atoms with van der Waals surface area (Å²) in [6, 6.07) is 0.127. The van der Waals surface area contributed by atoms with Crippen LogP contribution in [-0.4, -0.2) is 54.5 Å². The third-order valence-electron chi connectivity index (χ3n) is 3.18. The first-order valence-corrected chi connectivity index (χ1v) is 5.48. The second kappa shape index (κ2) is 4.18. The van der Waals surface area contributed by atoms with Crippen molar-refractivity contribution in [3.8, 4) is 0 Å². The summed E-state index contributed by atoms with van der Waals surface area (Å²) in [5.74, 6) is -0.0694. The summed E-state index contributed by atoms with van der Waals surface area (Å²) < 4.78 is 0. The first-order valence-electron chi connectivity index (χ1n) is 5.48. The standard InChI is InChI=1S/C10H17N3O2/c1-12-9(14)4-6-13(10(12)15)8-3-2-5-11-7-8/h8,11H,2-7H2,1H3. The van der Waals surface area contributed by atoms with Crippen LogP contribution in [-0.2, 0) is 4.79 Å². The summed E-state index contributed by atoms with van der Waals surface area (Å²) in [6.07, 6.45) is 2.60. The Morgan fingerprint density at radius 2 is 2.20 bits per heavy atom. The molecular weight excluding hydrogens is 194 g/mol. The van der Waals surface area contributed by atoms with Crippen molar-refractivity contribution in [1.29, 1.82) is 0 Å². The molecule has 1 unspecified atom stereocenters. The maximum Gasteiger partial charge on any atom is 0.326 e. The molecule has 2 rings (SSSR count). The molecule has 2 saturated heterocycles. The van der Waals surface area contributed by atoms with Gasteiger partial charge in [0.2, 0.25) is 5.91 Å². The van der Waals surface area contributed by atoms with Gasteiger partial charge in [0.25, 0.3) is 0 Å². The van der Waals surface area contributed by atoms with Crippen molar-refractivity contribution in [2.45, 2.75) is 25.3 Å². The van der Waals surface area contributed by atoms with E-state index in [-0.39, 0.29) is 18.0 Å². The predicted molar refractivity (Wildman–Crippen MR) is 55.4 cm³/mol. The SMILES string of the molecule is CN1C(=O)CCN(C2CCCNC2)C1=O. The zero-order valence-corrected chi connectivity index (χ0v) is 9.03. The number of urea groups is 1. The fourth-order valence-electron chi connectivity index (χ4n) is 2.22. The molecule has 2 heterocycles. The fourth-order valence-corrected chi connectivity index (χ4v) is 2.22. The Morgan fingerprint density at radius 3 is 2.87 bits per heavy atom. The van der Waals surface area contributed by atoms with Crippen molar-refractivity contribution >= 4 is 11.9 Å². The quantitative estimate of drug-likeness (QED) is 0.665. The number of carbonyl (C=O) groups excluding carboxylic acids is 2. The third-order valence-corrected chi connectivity index (χ3v) is 3.18. The lowest BCUT2D eigenvalue weighted by Crippen LogP contribution is -2.57. The van der Waals surface area contributed by atoms with Crippen LogP contribution in [0.2, 0.25) is 0 Å². The van der Waals surface area contributed by atoms with Crippen LogP contribution < -0.4 is 5.32 Å². The van der Waals surface area contributed by atoms with Gasteiger partial charge in [-0.3, -0.25) is 9.69 Å². The van der Waals surface area contributed by atoms with Crippen LogP contribution in [0, 0.1) is 0 Å². The van der Waals surface area contributed by atoms with Crippen LogP contribution in [0.25, 0.3) is 0 Å². The van der Waals surface area contributed by atoms with Gasteiger partial charge in [0.05, 0.1) is 0 Å². The molecule has 0 bridgehead atoms. The molecule has 3 amide bonds. The molecule has 0 aromatic carbocycles. The molecule has 5 nitrogen and oxygen atoms in total. The largest absolute Gasteiger partial charge is 0.326 e. The topological polar surface area (TPSA) is 52.7 Å². The van der Waals surface area contributed by atoms with Gasteiger partial charge in [0, 0.05) is 32.6 Å². The van der Waals surface area contributed by atoms with Crippen molar-refractivity contribution in [2.75, 3.05) is 26.7 Å². The Morgan fingerprint density at radius 1 is 1.40 bits per heavy atom. The smallest absolute Gasteiger partial charge is 0.320 e. The van der Waals surface area contributed by atoms with E-state index in [1.807, 2.05) is 4.90 Å². The second-order valence-electron chi connectivity index (χ2n) is 4.18. The van der Waals surface area contributed by atoms with Gasteiger partial charge in [-0.1, -0.05) is 0 Å². The summed E-state index contributed by atoms with van der Waals surface area (Å²) in [7, 11) is 1.56. The van der Waals surface area contributed by atoms with Gasteiger partial charge in [-0.25, -0.2) is 4.79 Å². The summed E-state index contributed by atoms with van der Waals surface area (Å²) in [5.41, 5.74) is 0. The Kier molecular flexibility index (Phi) is 2.90. The monoisotopic (exact) mass is 211 g/mol. The number of nitrogens with one attached hydrogen (secondary N) is 1. The molecule has 2 fully saturated rings. The maximum absolute atomic E-state index is 11.8. The van der Waals surface area contributed by atoms with Crippen molar-refractivity contribution in [3.63, 3.8) is 0 Å². The molecule has 0 radical (unpaired) electrons. The molecule has 0 saturated carbocycles. The van der Waals surface area contributed by atoms with Crippen molar-refractivity contribution in [1.82, 2.24) is 15.1 Å². The van der Waals surface area contributed by atoms with E-state index in [0.29, 0.717) is 13.0 Å². The molecule has 0 aromatic heterocycles. The normalized spacial score (nSPS) is 28.5. The molecule has 0 aromatic rings. The fraction of sp³-hybridized carbons (Fsp3) is 0.800. The molecule has 2 aliphatic heterocycles. The van der Waals surface area contributed by atoms with E-state index in [0.717, 1.165) is 25.9 Å². The minimum Gasteiger partial charge on any atom is -0.320 e. The van der Waals surface area contributed by atoms with Crippen molar-refractivity contribution in [2.24, 2.45) is 0 Å². The number of hydrogen-bond donors (Lipinski definition) is 1. The van der Waals surface area contributed by atoms with Crippen LogP contribution in [0.3, 0.4) is 0 Å². The van der Waals surface area contributed by atoms with Gasteiger partial charge in [-0.15, -0.1) is 0 Å². The minimum absolute atomic E-state index is 0.0694. The van der Waals surface area contributed by atoms with E-state index >= 15 is 0 Å². The highest BCUT2D eigenvalue weighted by Crippen LogP contribution is 2.16. The van der Waals surface area contributed by atoms with E-state index in [1.54, 1.807) is 7.05 Å². The first-order chi connectivity index (χ1) is 7.20. The molecule has 1 atom stereocenters. The lowest BCUT2D eigenvalue weighted by Gasteiger charge is -2.39. The first kappa shape index (κ1) is 10.4. The zero-order chi connectivity index (χ0) is 10.8. The van der Waals surface area contributed by atoms with Crippen molar-refractivity contribution in [3.05, 3.63) is 0 Å². The number of amides is 3. The number of nitrogens with zero attached hydrogens (tertiary/aromatic N) is 2. The average molecular weight is 211 g/mol. The maximum atomic E-state index is 11.8. The predicted octanol–water partition coefficient (Wildman–Crippen LogP) is 0.0225. The van der Waals surface area contributed by atoms with E-state index in [1.165, 1.54) is 4.90 Å². The minimum atomic E-state index is -0.139. The van der Waals surface area contributed by atoms with E-state index < -0.39 is 0 Å². The van der Waals surface area contributed by atoms with E-state index in [9.17, 15) is 9.59 Å². The summed E-state index contributed by atoms with van der Waals surface area (Å²) in [5, 5.41) is 3.28. The van der Waals surface area contributed by atoms with Gasteiger partial charge in [0.1, 0.15) is 0 Å². The highest BCUT2D eigenvalue weighted by Gasteiger charge is 2.33. The highest BCUT2D eigenvalue weighted by atomic mass is 16.2.